The van der Waals surface area contributed by atoms with Crippen LogP contribution in [0.4, 0.5) is 4.39 Å². The van der Waals surface area contributed by atoms with Crippen LogP contribution in [0.15, 0.2) is 61.3 Å². The van der Waals surface area contributed by atoms with Crippen LogP contribution in [-0.4, -0.2) is 19.9 Å². The van der Waals surface area contributed by atoms with Gasteiger partial charge in [0.15, 0.2) is 5.75 Å². The number of aryl methyl sites for hydroxylation is 1. The van der Waals surface area contributed by atoms with E-state index in [0.717, 1.165) is 16.5 Å². The van der Waals surface area contributed by atoms with E-state index in [1.54, 1.807) is 24.7 Å². The minimum atomic E-state index is -1.19. The molecule has 0 aliphatic heterocycles. The number of halogens is 1. The van der Waals surface area contributed by atoms with Gasteiger partial charge in [-0.2, -0.15) is 0 Å². The summed E-state index contributed by atoms with van der Waals surface area (Å²) in [4.78, 5) is 22.2. The second kappa shape index (κ2) is 7.67. The van der Waals surface area contributed by atoms with Gasteiger partial charge >= 0.3 is 0 Å². The van der Waals surface area contributed by atoms with Gasteiger partial charge in [0.1, 0.15) is 17.9 Å². The molecule has 29 heavy (non-hydrogen) atoms. The first-order valence-corrected chi connectivity index (χ1v) is 8.94. The molecule has 0 fully saturated rings. The number of ether oxygens (including phenoxy) is 1. The average molecular weight is 392 g/mol. The zero-order chi connectivity index (χ0) is 20.4. The number of aromatic nitrogens is 3. The molecule has 4 rings (SSSR count). The summed E-state index contributed by atoms with van der Waals surface area (Å²) in [5.74, 6) is 0.497. The van der Waals surface area contributed by atoms with Crippen molar-refractivity contribution in [2.75, 3.05) is 0 Å². The molecule has 1 atom stereocenters. The molecule has 0 radical (unpaired) electrons. The normalized spacial score (nSPS) is 12.1. The number of nitrogens with one attached hydrogen (secondary N) is 1. The van der Waals surface area contributed by atoms with Gasteiger partial charge in [-0.3, -0.25) is 10.1 Å². The topological polar surface area (TPSA) is 93.9 Å². The number of hydrogen-bond acceptors (Lipinski definition) is 5. The Labute approximate surface area is 165 Å². The van der Waals surface area contributed by atoms with Crippen molar-refractivity contribution < 1.29 is 14.1 Å². The maximum Gasteiger partial charge on any atom is 0.244 e. The second-order valence-electron chi connectivity index (χ2n) is 6.68. The quantitative estimate of drug-likeness (QED) is 0.377. The van der Waals surface area contributed by atoms with Gasteiger partial charge in [0.05, 0.1) is 18.0 Å². The van der Waals surface area contributed by atoms with Gasteiger partial charge in [-0.1, -0.05) is 12.1 Å². The molecule has 0 saturated heterocycles. The highest BCUT2D eigenvalue weighted by molar-refractivity contribution is 5.85. The Hall–Kier alpha value is -3.81. The molecular weight excluding hydrogens is 375 g/mol. The summed E-state index contributed by atoms with van der Waals surface area (Å²) in [5, 5.41) is 12.4. The van der Waals surface area contributed by atoms with Gasteiger partial charge < -0.3 is 9.72 Å². The highest BCUT2D eigenvalue weighted by Crippen LogP contribution is 2.33. The molecular formula is C21H17FN4O3. The fourth-order valence-electron chi connectivity index (χ4n) is 3.31. The number of rotatable bonds is 6. The van der Waals surface area contributed by atoms with Crippen LogP contribution in [0, 0.1) is 22.9 Å². The van der Waals surface area contributed by atoms with Gasteiger partial charge in [-0.25, -0.2) is 14.4 Å². The summed E-state index contributed by atoms with van der Waals surface area (Å²) >= 11 is 0. The summed E-state index contributed by atoms with van der Waals surface area (Å²) in [6.07, 6.45) is 6.28. The van der Waals surface area contributed by atoms with Crippen molar-refractivity contribution in [2.45, 2.75) is 19.4 Å². The average Bonchev–Trinajstić information content (AvgIpc) is 3.09. The predicted molar refractivity (Wildman–Crippen MR) is 105 cm³/mol. The van der Waals surface area contributed by atoms with Crippen molar-refractivity contribution in [3.8, 4) is 11.5 Å². The molecule has 2 heterocycles. The van der Waals surface area contributed by atoms with Gasteiger partial charge in [0.2, 0.25) is 6.04 Å². The van der Waals surface area contributed by atoms with Crippen LogP contribution in [0.1, 0.15) is 22.7 Å². The second-order valence-corrected chi connectivity index (χ2v) is 6.68. The lowest BCUT2D eigenvalue weighted by atomic mass is 9.98. The summed E-state index contributed by atoms with van der Waals surface area (Å²) in [6.45, 7) is 1.90. The lowest BCUT2D eigenvalue weighted by Gasteiger charge is -2.11. The number of nitrogens with zero attached hydrogens (tertiary/aromatic N) is 3. The lowest BCUT2D eigenvalue weighted by Crippen LogP contribution is -2.15. The Morgan fingerprint density at radius 2 is 2.00 bits per heavy atom. The van der Waals surface area contributed by atoms with Gasteiger partial charge in [-0.05, 0) is 42.3 Å². The minimum absolute atomic E-state index is 0.0465. The van der Waals surface area contributed by atoms with Crippen LogP contribution in [0.5, 0.6) is 11.5 Å². The summed E-state index contributed by atoms with van der Waals surface area (Å²) in [7, 11) is 0. The molecule has 0 bridgehead atoms. The number of benzene rings is 2. The molecule has 0 amide bonds. The number of nitro groups is 1. The van der Waals surface area contributed by atoms with E-state index in [9.17, 15) is 14.5 Å². The van der Waals surface area contributed by atoms with Crippen LogP contribution in [0.25, 0.3) is 10.9 Å². The third-order valence-corrected chi connectivity index (χ3v) is 4.76. The Morgan fingerprint density at radius 1 is 1.24 bits per heavy atom. The molecule has 1 unspecified atom stereocenters. The summed E-state index contributed by atoms with van der Waals surface area (Å²) in [6, 6.07) is 8.33. The smallest absolute Gasteiger partial charge is 0.244 e. The van der Waals surface area contributed by atoms with Gasteiger partial charge in [0, 0.05) is 28.4 Å². The van der Waals surface area contributed by atoms with E-state index in [1.165, 1.54) is 24.5 Å². The van der Waals surface area contributed by atoms with E-state index >= 15 is 0 Å². The SMILES string of the molecule is Cc1cc2[nH]cc(CC(c3ccccc3F)[N+](=O)[O-])c2cc1Oc1cncnc1. The number of hydrogen-bond donors (Lipinski definition) is 1. The molecule has 0 spiro atoms. The fraction of sp³-hybridized carbons (Fsp3) is 0.143. The maximum absolute atomic E-state index is 14.2. The molecule has 0 aliphatic carbocycles. The van der Waals surface area contributed by atoms with Crippen molar-refractivity contribution in [2.24, 2.45) is 0 Å². The molecule has 0 aliphatic rings. The minimum Gasteiger partial charge on any atom is -0.454 e. The zero-order valence-electron chi connectivity index (χ0n) is 15.5. The number of H-pyrrole nitrogens is 1. The van der Waals surface area contributed by atoms with Crippen molar-refractivity contribution in [1.29, 1.82) is 0 Å². The van der Waals surface area contributed by atoms with Crippen LogP contribution in [-0.2, 0) is 6.42 Å². The number of aromatic amines is 1. The van der Waals surface area contributed by atoms with E-state index in [0.29, 0.717) is 17.1 Å². The predicted octanol–water partition coefficient (Wildman–Crippen LogP) is 4.76. The van der Waals surface area contributed by atoms with Crippen molar-refractivity contribution in [3.63, 3.8) is 0 Å². The number of fused-ring (bicyclic) bond motifs is 1. The van der Waals surface area contributed by atoms with E-state index in [1.807, 2.05) is 19.1 Å². The standard InChI is InChI=1S/C21H17FN4O3/c1-13-6-19-17(8-21(13)29-15-10-23-12-24-11-15)14(9-25-19)7-20(26(27)28)16-4-2-3-5-18(16)22/h2-6,8-12,20,25H,7H2,1H3. The first kappa shape index (κ1) is 18.5. The van der Waals surface area contributed by atoms with Gasteiger partial charge in [0.25, 0.3) is 0 Å². The van der Waals surface area contributed by atoms with Crippen LogP contribution < -0.4 is 4.74 Å². The Morgan fingerprint density at radius 3 is 2.72 bits per heavy atom. The zero-order valence-corrected chi connectivity index (χ0v) is 15.5. The molecule has 0 saturated carbocycles. The highest BCUT2D eigenvalue weighted by atomic mass is 19.1. The van der Waals surface area contributed by atoms with E-state index < -0.39 is 16.8 Å². The summed E-state index contributed by atoms with van der Waals surface area (Å²) < 4.78 is 20.0. The van der Waals surface area contributed by atoms with Crippen molar-refractivity contribution in [1.82, 2.24) is 15.0 Å². The monoisotopic (exact) mass is 392 g/mol. The van der Waals surface area contributed by atoms with Crippen molar-refractivity contribution >= 4 is 10.9 Å². The molecule has 7 nitrogen and oxygen atoms in total. The molecule has 2 aromatic carbocycles. The highest BCUT2D eigenvalue weighted by Gasteiger charge is 2.27. The molecule has 1 N–H and O–H groups in total. The van der Waals surface area contributed by atoms with E-state index in [4.69, 9.17) is 4.74 Å². The Balaban J connectivity index is 1.71. The third kappa shape index (κ3) is 3.77. The summed E-state index contributed by atoms with van der Waals surface area (Å²) in [5.41, 5.74) is 2.48. The van der Waals surface area contributed by atoms with Crippen LogP contribution >= 0.6 is 0 Å². The third-order valence-electron chi connectivity index (χ3n) is 4.76. The van der Waals surface area contributed by atoms with Crippen LogP contribution in [0.3, 0.4) is 0 Å². The van der Waals surface area contributed by atoms with E-state index in [-0.39, 0.29) is 12.0 Å². The first-order chi connectivity index (χ1) is 14.0. The van der Waals surface area contributed by atoms with Crippen LogP contribution in [0.2, 0.25) is 0 Å². The van der Waals surface area contributed by atoms with Crippen molar-refractivity contribution in [3.05, 3.63) is 93.9 Å². The largest absolute Gasteiger partial charge is 0.454 e. The Bertz CT molecular complexity index is 1180. The fourth-order valence-corrected chi connectivity index (χ4v) is 3.31. The first-order valence-electron chi connectivity index (χ1n) is 8.94. The van der Waals surface area contributed by atoms with Gasteiger partial charge in [-0.15, -0.1) is 0 Å². The molecule has 4 aromatic rings. The molecule has 146 valence electrons. The molecule has 2 aromatic heterocycles. The Kier molecular flexibility index (Phi) is 4.90. The molecule has 8 heteroatoms. The maximum atomic E-state index is 14.2. The van der Waals surface area contributed by atoms with E-state index in [2.05, 4.69) is 15.0 Å². The lowest BCUT2D eigenvalue weighted by molar-refractivity contribution is -0.529.